The highest BCUT2D eigenvalue weighted by Crippen LogP contribution is 2.09. The summed E-state index contributed by atoms with van der Waals surface area (Å²) < 4.78 is 1.67. The topological polar surface area (TPSA) is 74.0 Å². The van der Waals surface area contributed by atoms with Crippen molar-refractivity contribution in [2.45, 2.75) is 6.04 Å². The molecule has 1 saturated heterocycles. The van der Waals surface area contributed by atoms with E-state index in [0.29, 0.717) is 18.8 Å². The molecule has 6 nitrogen and oxygen atoms in total. The largest absolute Gasteiger partial charge is 0.330 e. The maximum absolute atomic E-state index is 12.1. The summed E-state index contributed by atoms with van der Waals surface area (Å²) in [5.41, 5.74) is 0.516. The molecule has 0 saturated carbocycles. The number of aromatic nitrogens is 2. The summed E-state index contributed by atoms with van der Waals surface area (Å²) in [4.78, 5) is 17.6. The smallest absolute Gasteiger partial charge is 0.273 e. The van der Waals surface area contributed by atoms with Crippen molar-refractivity contribution in [3.05, 3.63) is 18.2 Å². The molecule has 1 aliphatic rings. The third kappa shape index (κ3) is 1.77. The zero-order valence-electron chi connectivity index (χ0n) is 9.05. The molecule has 1 aromatic rings. The third-order valence-electron chi connectivity index (χ3n) is 2.69. The number of nitriles is 1. The molecule has 16 heavy (non-hydrogen) atoms. The lowest BCUT2D eigenvalue weighted by Crippen LogP contribution is -2.53. The van der Waals surface area contributed by atoms with Crippen LogP contribution in [0.2, 0.25) is 0 Å². The van der Waals surface area contributed by atoms with Crippen LogP contribution in [-0.2, 0) is 7.05 Å². The highest BCUT2D eigenvalue weighted by atomic mass is 16.2. The number of nitrogens with zero attached hydrogens (tertiary/aromatic N) is 4. The number of hydrogen-bond donors (Lipinski definition) is 1. The molecule has 6 heteroatoms. The molecule has 2 rings (SSSR count). The molecule has 0 aromatic carbocycles. The Kier molecular flexibility index (Phi) is 2.88. The lowest BCUT2D eigenvalue weighted by atomic mass is 10.2. The molecule has 0 bridgehead atoms. The second-order valence-corrected chi connectivity index (χ2v) is 3.74. The standard InChI is InChI=1S/C10H13N5O/c1-14-7-13-6-9(14)10(16)15-3-2-12-5-8(15)4-11/h6-8,12H,2-3,5H2,1H3. The number of carbonyl (C=O) groups is 1. The van der Waals surface area contributed by atoms with Crippen LogP contribution in [0.25, 0.3) is 0 Å². The van der Waals surface area contributed by atoms with Crippen molar-refractivity contribution in [3.8, 4) is 6.07 Å². The maximum atomic E-state index is 12.1. The van der Waals surface area contributed by atoms with Crippen molar-refractivity contribution in [2.75, 3.05) is 19.6 Å². The van der Waals surface area contributed by atoms with Crippen LogP contribution in [0.3, 0.4) is 0 Å². The third-order valence-corrected chi connectivity index (χ3v) is 2.69. The normalized spacial score (nSPS) is 20.5. The molecule has 0 aliphatic carbocycles. The zero-order valence-corrected chi connectivity index (χ0v) is 9.05. The van der Waals surface area contributed by atoms with E-state index < -0.39 is 6.04 Å². The van der Waals surface area contributed by atoms with E-state index in [1.807, 2.05) is 0 Å². The fourth-order valence-corrected chi connectivity index (χ4v) is 1.77. The number of hydrogen-bond acceptors (Lipinski definition) is 4. The molecule has 84 valence electrons. The Morgan fingerprint density at radius 3 is 3.19 bits per heavy atom. The van der Waals surface area contributed by atoms with Crippen LogP contribution in [0, 0.1) is 11.3 Å². The molecule has 1 amide bonds. The van der Waals surface area contributed by atoms with Gasteiger partial charge in [0.25, 0.3) is 5.91 Å². The molecular formula is C10H13N5O. The lowest BCUT2D eigenvalue weighted by molar-refractivity contribution is 0.0677. The van der Waals surface area contributed by atoms with Crippen LogP contribution in [0.15, 0.2) is 12.5 Å². The van der Waals surface area contributed by atoms with Crippen molar-refractivity contribution in [1.29, 1.82) is 5.26 Å². The maximum Gasteiger partial charge on any atom is 0.273 e. The van der Waals surface area contributed by atoms with Crippen molar-refractivity contribution in [3.63, 3.8) is 0 Å². The Bertz CT molecular complexity index is 433. The van der Waals surface area contributed by atoms with Crippen molar-refractivity contribution < 1.29 is 4.79 Å². The molecule has 0 spiro atoms. The molecule has 2 heterocycles. The van der Waals surface area contributed by atoms with E-state index in [9.17, 15) is 4.79 Å². The van der Waals surface area contributed by atoms with Crippen LogP contribution in [0.1, 0.15) is 10.5 Å². The van der Waals surface area contributed by atoms with E-state index in [4.69, 9.17) is 5.26 Å². The Labute approximate surface area is 93.5 Å². The first-order chi connectivity index (χ1) is 7.74. The van der Waals surface area contributed by atoms with Gasteiger partial charge in [-0.3, -0.25) is 4.79 Å². The van der Waals surface area contributed by atoms with Gasteiger partial charge < -0.3 is 14.8 Å². The minimum absolute atomic E-state index is 0.131. The summed E-state index contributed by atoms with van der Waals surface area (Å²) in [6, 6.07) is 1.74. The quantitative estimate of drug-likeness (QED) is 0.681. The van der Waals surface area contributed by atoms with Gasteiger partial charge in [0.05, 0.1) is 18.6 Å². The highest BCUT2D eigenvalue weighted by Gasteiger charge is 2.28. The van der Waals surface area contributed by atoms with Gasteiger partial charge in [-0.25, -0.2) is 4.98 Å². The number of carbonyl (C=O) groups excluding carboxylic acids is 1. The van der Waals surface area contributed by atoms with E-state index in [-0.39, 0.29) is 5.91 Å². The van der Waals surface area contributed by atoms with E-state index in [1.54, 1.807) is 22.8 Å². The number of imidazole rings is 1. The average Bonchev–Trinajstić information content (AvgIpc) is 2.74. The summed E-state index contributed by atoms with van der Waals surface area (Å²) >= 11 is 0. The van der Waals surface area contributed by atoms with Crippen molar-refractivity contribution in [2.24, 2.45) is 7.05 Å². The minimum atomic E-state index is -0.392. The van der Waals surface area contributed by atoms with E-state index in [0.717, 1.165) is 6.54 Å². The predicted octanol–water partition coefficient (Wildman–Crippen LogP) is -0.642. The van der Waals surface area contributed by atoms with E-state index in [2.05, 4.69) is 16.4 Å². The molecule has 1 aliphatic heterocycles. The number of nitrogens with one attached hydrogen (secondary N) is 1. The fourth-order valence-electron chi connectivity index (χ4n) is 1.77. The van der Waals surface area contributed by atoms with E-state index >= 15 is 0 Å². The highest BCUT2D eigenvalue weighted by molar-refractivity contribution is 5.92. The molecular weight excluding hydrogens is 206 g/mol. The van der Waals surface area contributed by atoms with Gasteiger partial charge >= 0.3 is 0 Å². The van der Waals surface area contributed by atoms with Gasteiger partial charge in [0.2, 0.25) is 0 Å². The van der Waals surface area contributed by atoms with Gasteiger partial charge in [-0.15, -0.1) is 0 Å². The second-order valence-electron chi connectivity index (χ2n) is 3.74. The van der Waals surface area contributed by atoms with Crippen LogP contribution in [0.5, 0.6) is 0 Å². The molecule has 1 atom stereocenters. The summed E-state index contributed by atoms with van der Waals surface area (Å²) in [7, 11) is 1.77. The van der Waals surface area contributed by atoms with Gasteiger partial charge in [0, 0.05) is 26.7 Å². The van der Waals surface area contributed by atoms with E-state index in [1.165, 1.54) is 6.20 Å². The summed E-state index contributed by atoms with van der Waals surface area (Å²) in [6.07, 6.45) is 3.11. The van der Waals surface area contributed by atoms with Crippen LogP contribution in [0.4, 0.5) is 0 Å². The zero-order chi connectivity index (χ0) is 11.5. The molecule has 1 N–H and O–H groups in total. The van der Waals surface area contributed by atoms with Gasteiger partial charge in [0.15, 0.2) is 0 Å². The molecule has 0 radical (unpaired) electrons. The van der Waals surface area contributed by atoms with Gasteiger partial charge in [-0.2, -0.15) is 5.26 Å². The number of piperazine rings is 1. The van der Waals surface area contributed by atoms with Crippen molar-refractivity contribution >= 4 is 5.91 Å². The Hall–Kier alpha value is -1.87. The monoisotopic (exact) mass is 219 g/mol. The molecule has 1 unspecified atom stereocenters. The van der Waals surface area contributed by atoms with Crippen LogP contribution in [-0.4, -0.2) is 46.0 Å². The first kappa shape index (κ1) is 10.6. The van der Waals surface area contributed by atoms with Gasteiger partial charge in [-0.1, -0.05) is 0 Å². The average molecular weight is 219 g/mol. The lowest BCUT2D eigenvalue weighted by Gasteiger charge is -2.31. The Balaban J connectivity index is 2.21. The molecule has 1 fully saturated rings. The number of rotatable bonds is 1. The van der Waals surface area contributed by atoms with Gasteiger partial charge in [-0.05, 0) is 0 Å². The predicted molar refractivity (Wildman–Crippen MR) is 56.5 cm³/mol. The Morgan fingerprint density at radius 2 is 2.56 bits per heavy atom. The minimum Gasteiger partial charge on any atom is -0.330 e. The summed E-state index contributed by atoms with van der Waals surface area (Å²) in [5.74, 6) is -0.131. The first-order valence-electron chi connectivity index (χ1n) is 5.11. The van der Waals surface area contributed by atoms with Crippen LogP contribution < -0.4 is 5.32 Å². The summed E-state index contributed by atoms with van der Waals surface area (Å²) in [5, 5.41) is 12.1. The fraction of sp³-hybridized carbons (Fsp3) is 0.500. The SMILES string of the molecule is Cn1cncc1C(=O)N1CCNCC1C#N. The molecule has 1 aromatic heterocycles. The first-order valence-corrected chi connectivity index (χ1v) is 5.11. The summed E-state index contributed by atoms with van der Waals surface area (Å²) in [6.45, 7) is 1.81. The number of amides is 1. The number of aryl methyl sites for hydroxylation is 1. The van der Waals surface area contributed by atoms with Crippen LogP contribution >= 0.6 is 0 Å². The Morgan fingerprint density at radius 1 is 1.75 bits per heavy atom. The second kappa shape index (κ2) is 4.33. The van der Waals surface area contributed by atoms with Crippen molar-refractivity contribution in [1.82, 2.24) is 19.8 Å². The van der Waals surface area contributed by atoms with Gasteiger partial charge in [0.1, 0.15) is 11.7 Å².